The van der Waals surface area contributed by atoms with Crippen molar-refractivity contribution in [1.29, 1.82) is 0 Å². The quantitative estimate of drug-likeness (QED) is 0.180. The van der Waals surface area contributed by atoms with Crippen LogP contribution in [0.4, 0.5) is 15.8 Å². The number of anilines is 2. The molecule has 8 rings (SSSR count). The summed E-state index contributed by atoms with van der Waals surface area (Å²) in [6.45, 7) is 2.02. The van der Waals surface area contributed by atoms with Gasteiger partial charge in [0.25, 0.3) is 0 Å². The maximum atomic E-state index is 15.3. The van der Waals surface area contributed by atoms with Crippen molar-refractivity contribution in [3.05, 3.63) is 136 Å². The Morgan fingerprint density at radius 1 is 0.816 bits per heavy atom. The summed E-state index contributed by atoms with van der Waals surface area (Å²) in [5.41, 5.74) is 1.54. The van der Waals surface area contributed by atoms with Crippen LogP contribution in [0.1, 0.15) is 42.4 Å². The number of phenolic OH excluding ortho intramolecular Hbond substituents is 1. The van der Waals surface area contributed by atoms with E-state index in [-0.39, 0.29) is 35.9 Å². The molecule has 2 aliphatic heterocycles. The zero-order valence-corrected chi connectivity index (χ0v) is 27.3. The fourth-order valence-corrected chi connectivity index (χ4v) is 9.17. The molecule has 2 heterocycles. The molecule has 0 radical (unpaired) electrons. The molecule has 3 fully saturated rings. The molecule has 1 saturated carbocycles. The van der Waals surface area contributed by atoms with Crippen LogP contribution in [-0.2, 0) is 31.0 Å². The SMILES string of the molecule is CCc1ccc(N2C(=O)C3CC=C4C(CC5C(=O)N(c6cccc(Cl)c6)C(=O)C5(c5ccccc5)C4c4cccc(F)c4O)C3C2=O)cc1. The van der Waals surface area contributed by atoms with Gasteiger partial charge in [-0.3, -0.25) is 24.1 Å². The van der Waals surface area contributed by atoms with E-state index in [2.05, 4.69) is 0 Å². The molecular formula is C40H32ClFN2O5. The first-order chi connectivity index (χ1) is 23.7. The largest absolute Gasteiger partial charge is 0.505 e. The maximum absolute atomic E-state index is 15.3. The van der Waals surface area contributed by atoms with Crippen LogP contribution in [0.3, 0.4) is 0 Å². The third-order valence-corrected chi connectivity index (χ3v) is 11.3. The summed E-state index contributed by atoms with van der Waals surface area (Å²) in [7, 11) is 0. The summed E-state index contributed by atoms with van der Waals surface area (Å²) >= 11 is 6.35. The summed E-state index contributed by atoms with van der Waals surface area (Å²) in [4.78, 5) is 60.8. The predicted octanol–water partition coefficient (Wildman–Crippen LogP) is 7.11. The Hall–Kier alpha value is -5.08. The highest BCUT2D eigenvalue weighted by molar-refractivity contribution is 6.32. The lowest BCUT2D eigenvalue weighted by molar-refractivity contribution is -0.127. The Labute approximate surface area is 287 Å². The number of fused-ring (bicyclic) bond motifs is 4. The molecule has 0 aromatic heterocycles. The zero-order valence-electron chi connectivity index (χ0n) is 26.6. The van der Waals surface area contributed by atoms with Gasteiger partial charge >= 0.3 is 0 Å². The van der Waals surface area contributed by atoms with E-state index in [1.54, 1.807) is 72.8 Å². The van der Waals surface area contributed by atoms with Crippen LogP contribution in [0.15, 0.2) is 109 Å². The number of hydrogen-bond donors (Lipinski definition) is 1. The molecule has 2 saturated heterocycles. The third kappa shape index (κ3) is 4.39. The van der Waals surface area contributed by atoms with Crippen LogP contribution in [-0.4, -0.2) is 28.7 Å². The van der Waals surface area contributed by atoms with Gasteiger partial charge in [-0.15, -0.1) is 0 Å². The minimum Gasteiger partial charge on any atom is -0.505 e. The lowest BCUT2D eigenvalue weighted by Crippen LogP contribution is -2.53. The standard InChI is InChI=1S/C40H32ClFN2O5/c1-2-22-14-16-25(17-15-22)43-36(46)28-19-18-27-30(33(28)38(43)48)21-31-37(47)44(26-11-6-10-24(41)20-26)39(49)40(31,23-8-4-3-5-9-23)34(27)29-12-7-13-32(42)35(29)45/h3-18,20,28,30-31,33-34,45H,2,19,21H2,1H3. The average molecular weight is 675 g/mol. The summed E-state index contributed by atoms with van der Waals surface area (Å²) in [6, 6.07) is 26.9. The Morgan fingerprint density at radius 2 is 1.55 bits per heavy atom. The average Bonchev–Trinajstić information content (AvgIpc) is 3.50. The highest BCUT2D eigenvalue weighted by Gasteiger charge is 2.70. The number of carbonyl (C=O) groups is 4. The second-order valence-electron chi connectivity index (χ2n) is 13.3. The second kappa shape index (κ2) is 11.5. The number of phenols is 1. The van der Waals surface area contributed by atoms with E-state index in [0.717, 1.165) is 23.0 Å². The molecule has 246 valence electrons. The molecule has 4 aromatic rings. The number of carbonyl (C=O) groups excluding carboxylic acids is 4. The van der Waals surface area contributed by atoms with Crippen LogP contribution >= 0.6 is 11.6 Å². The molecule has 2 aliphatic carbocycles. The number of amides is 4. The molecule has 4 aliphatic rings. The van der Waals surface area contributed by atoms with Crippen LogP contribution < -0.4 is 9.80 Å². The van der Waals surface area contributed by atoms with E-state index in [9.17, 15) is 19.5 Å². The first kappa shape index (κ1) is 31.2. The van der Waals surface area contributed by atoms with Crippen molar-refractivity contribution in [3.63, 3.8) is 0 Å². The van der Waals surface area contributed by atoms with E-state index < -0.39 is 58.4 Å². The van der Waals surface area contributed by atoms with E-state index in [1.165, 1.54) is 11.0 Å². The number of rotatable bonds is 5. The van der Waals surface area contributed by atoms with Gasteiger partial charge in [-0.1, -0.05) is 90.8 Å². The Kier molecular flexibility index (Phi) is 7.33. The molecule has 7 nitrogen and oxygen atoms in total. The van der Waals surface area contributed by atoms with Gasteiger partial charge in [-0.05, 0) is 72.7 Å². The predicted molar refractivity (Wildman–Crippen MR) is 182 cm³/mol. The van der Waals surface area contributed by atoms with Crippen molar-refractivity contribution in [2.75, 3.05) is 9.80 Å². The van der Waals surface area contributed by atoms with E-state index >= 15 is 9.18 Å². The van der Waals surface area contributed by atoms with Crippen molar-refractivity contribution in [2.45, 2.75) is 37.5 Å². The van der Waals surface area contributed by atoms with Gasteiger partial charge in [0.15, 0.2) is 11.6 Å². The summed E-state index contributed by atoms with van der Waals surface area (Å²) in [5, 5.41) is 11.7. The Bertz CT molecular complexity index is 2080. The number of hydrogen-bond acceptors (Lipinski definition) is 5. The van der Waals surface area contributed by atoms with Gasteiger partial charge in [0, 0.05) is 16.5 Å². The normalized spacial score (nSPS) is 27.6. The zero-order chi connectivity index (χ0) is 34.2. The van der Waals surface area contributed by atoms with Crippen LogP contribution in [0.25, 0.3) is 0 Å². The number of aryl methyl sites for hydroxylation is 1. The van der Waals surface area contributed by atoms with Gasteiger partial charge in [0.1, 0.15) is 0 Å². The molecule has 0 bridgehead atoms. The molecule has 6 unspecified atom stereocenters. The van der Waals surface area contributed by atoms with Gasteiger partial charge in [0.2, 0.25) is 23.6 Å². The van der Waals surface area contributed by atoms with Crippen molar-refractivity contribution in [1.82, 2.24) is 0 Å². The van der Waals surface area contributed by atoms with Crippen molar-refractivity contribution in [3.8, 4) is 5.75 Å². The maximum Gasteiger partial charge on any atom is 0.246 e. The Balaban J connectivity index is 1.35. The molecule has 1 N–H and O–H groups in total. The molecular weight excluding hydrogens is 643 g/mol. The smallest absolute Gasteiger partial charge is 0.246 e. The monoisotopic (exact) mass is 674 g/mol. The Morgan fingerprint density at radius 3 is 2.27 bits per heavy atom. The lowest BCUT2D eigenvalue weighted by atomic mass is 9.49. The number of aromatic hydroxyl groups is 1. The minimum atomic E-state index is -1.61. The fourth-order valence-electron chi connectivity index (χ4n) is 8.99. The third-order valence-electron chi connectivity index (χ3n) is 11.1. The molecule has 49 heavy (non-hydrogen) atoms. The number of nitrogens with zero attached hydrogens (tertiary/aromatic N) is 2. The van der Waals surface area contributed by atoms with E-state index in [4.69, 9.17) is 11.6 Å². The highest BCUT2D eigenvalue weighted by Crippen LogP contribution is 2.65. The number of allylic oxidation sites excluding steroid dienone is 2. The molecule has 4 aromatic carbocycles. The lowest BCUT2D eigenvalue weighted by Gasteiger charge is -2.50. The fraction of sp³-hybridized carbons (Fsp3) is 0.250. The van der Waals surface area contributed by atoms with Crippen LogP contribution in [0.5, 0.6) is 5.75 Å². The molecule has 4 amide bonds. The van der Waals surface area contributed by atoms with Crippen LogP contribution in [0.2, 0.25) is 5.02 Å². The molecule has 6 atom stereocenters. The second-order valence-corrected chi connectivity index (χ2v) is 13.7. The molecule has 9 heteroatoms. The number of imide groups is 2. The first-order valence-corrected chi connectivity index (χ1v) is 16.9. The number of halogens is 2. The summed E-state index contributed by atoms with van der Waals surface area (Å²) in [6.07, 6.45) is 3.00. The summed E-state index contributed by atoms with van der Waals surface area (Å²) in [5.74, 6) is -7.36. The highest BCUT2D eigenvalue weighted by atomic mass is 35.5. The van der Waals surface area contributed by atoms with Crippen LogP contribution in [0, 0.1) is 29.5 Å². The van der Waals surface area contributed by atoms with Crippen molar-refractivity contribution >= 4 is 46.6 Å². The topological polar surface area (TPSA) is 95.0 Å². The van der Waals surface area contributed by atoms with Crippen molar-refractivity contribution < 1.29 is 28.7 Å². The van der Waals surface area contributed by atoms with Gasteiger partial charge in [-0.25, -0.2) is 9.29 Å². The molecule has 0 spiro atoms. The number of para-hydroxylation sites is 1. The van der Waals surface area contributed by atoms with Gasteiger partial charge < -0.3 is 5.11 Å². The van der Waals surface area contributed by atoms with Crippen molar-refractivity contribution in [2.24, 2.45) is 23.7 Å². The van der Waals surface area contributed by atoms with Gasteiger partial charge in [-0.2, -0.15) is 0 Å². The van der Waals surface area contributed by atoms with Gasteiger partial charge in [0.05, 0.1) is 34.5 Å². The van der Waals surface area contributed by atoms with E-state index in [0.29, 0.717) is 21.8 Å². The summed E-state index contributed by atoms with van der Waals surface area (Å²) < 4.78 is 15.3. The number of benzene rings is 4. The minimum absolute atomic E-state index is 0.0950. The van der Waals surface area contributed by atoms with E-state index in [1.807, 2.05) is 25.1 Å². The first-order valence-electron chi connectivity index (χ1n) is 16.5.